The van der Waals surface area contributed by atoms with E-state index in [0.29, 0.717) is 4.48 Å². The second-order valence-electron chi connectivity index (χ2n) is 14.9. The highest BCUT2D eigenvalue weighted by Crippen LogP contribution is 2.24. The van der Waals surface area contributed by atoms with Gasteiger partial charge in [-0.1, -0.05) is 155 Å². The second kappa shape index (κ2) is 30.1. The highest BCUT2D eigenvalue weighted by molar-refractivity contribution is 5.67. The first kappa shape index (κ1) is 43.1. The van der Waals surface area contributed by atoms with Crippen LogP contribution in [0.5, 0.6) is 0 Å². The van der Waals surface area contributed by atoms with Gasteiger partial charge >= 0.3 is 0 Å². The molecule has 0 saturated carbocycles. The Morgan fingerprint density at radius 2 is 0.766 bits per heavy atom. The molecule has 0 amide bonds. The smallest absolute Gasteiger partial charge is 0.119 e. The fourth-order valence-corrected chi connectivity index (χ4v) is 6.50. The van der Waals surface area contributed by atoms with Crippen molar-refractivity contribution < 1.29 is 14.4 Å². The summed E-state index contributed by atoms with van der Waals surface area (Å²) in [6, 6.07) is 6.69. The number of aliphatic carboxylic acids is 1. The Hall–Kier alpha value is -1.95. The maximum absolute atomic E-state index is 11.1. The summed E-state index contributed by atoms with van der Waals surface area (Å²) in [4.78, 5) is 11.1. The van der Waals surface area contributed by atoms with Crippen molar-refractivity contribution in [1.29, 1.82) is 0 Å². The molecule has 0 aliphatic carbocycles. The van der Waals surface area contributed by atoms with Gasteiger partial charge in [0.1, 0.15) is 6.54 Å². The van der Waals surface area contributed by atoms with Crippen molar-refractivity contribution in [2.75, 3.05) is 62.8 Å². The van der Waals surface area contributed by atoms with Crippen LogP contribution in [-0.4, -0.2) is 57.3 Å². The molecule has 0 saturated heterocycles. The third-order valence-electron chi connectivity index (χ3n) is 9.48. The first-order valence-corrected chi connectivity index (χ1v) is 20.2. The summed E-state index contributed by atoms with van der Waals surface area (Å²) < 4.78 is 0.441. The van der Waals surface area contributed by atoms with E-state index in [4.69, 9.17) is 0 Å². The third-order valence-corrected chi connectivity index (χ3v) is 9.48. The number of nitrogens with zero attached hydrogens (tertiary/aromatic N) is 1. The molecule has 0 fully saturated rings. The quantitative estimate of drug-likeness (QED) is 0.0500. The molecule has 1 aromatic rings. The zero-order chi connectivity index (χ0) is 34.3. The number of carboxylic acids is 1. The van der Waals surface area contributed by atoms with E-state index >= 15 is 0 Å². The number of carbonyl (C=O) groups is 1. The number of anilines is 3. The highest BCUT2D eigenvalue weighted by atomic mass is 16.4. The third kappa shape index (κ3) is 27.7. The lowest BCUT2D eigenvalue weighted by atomic mass is 10.1. The summed E-state index contributed by atoms with van der Waals surface area (Å²) in [6.07, 6.45) is 33.8. The number of nitrogens with one attached hydrogen (secondary N) is 3. The number of hydrogen-bond donors (Lipinski definition) is 3. The van der Waals surface area contributed by atoms with Crippen molar-refractivity contribution in [2.24, 2.45) is 0 Å². The predicted octanol–water partition coefficient (Wildman–Crippen LogP) is 10.5. The first-order chi connectivity index (χ1) is 22.9. The van der Waals surface area contributed by atoms with Gasteiger partial charge in [0.25, 0.3) is 0 Å². The van der Waals surface area contributed by atoms with Crippen LogP contribution in [0.2, 0.25) is 0 Å². The molecule has 0 unspecified atom stereocenters. The fourth-order valence-electron chi connectivity index (χ4n) is 6.50. The molecule has 0 aliphatic rings. The number of benzene rings is 1. The topological polar surface area (TPSA) is 76.2 Å². The first-order valence-electron chi connectivity index (χ1n) is 20.2. The zero-order valence-corrected chi connectivity index (χ0v) is 31.7. The van der Waals surface area contributed by atoms with Crippen molar-refractivity contribution in [3.05, 3.63) is 18.2 Å². The molecular formula is C41H78N4O2. The highest BCUT2D eigenvalue weighted by Gasteiger charge is 2.14. The molecule has 47 heavy (non-hydrogen) atoms. The number of unbranched alkanes of at least 4 members (excludes halogenated alkanes) is 22. The van der Waals surface area contributed by atoms with Gasteiger partial charge in [-0.3, -0.25) is 0 Å². The maximum atomic E-state index is 11.1. The Kier molecular flexibility index (Phi) is 27.6. The average molecular weight is 659 g/mol. The number of likely N-dealkylation sites (N-methyl/N-ethyl adjacent to an activating group) is 1. The molecule has 1 aromatic carbocycles. The predicted molar refractivity (Wildman–Crippen MR) is 206 cm³/mol. The SMILES string of the molecule is CCCCCCCCCCCCCCNc1cc(NCCCCCCCCCCCCCC)cc(NCCC[N+](C)(C)CC(=O)[O-])c1. The Labute approximate surface area is 292 Å². The largest absolute Gasteiger partial charge is 0.544 e. The van der Waals surface area contributed by atoms with E-state index in [-0.39, 0.29) is 6.54 Å². The summed E-state index contributed by atoms with van der Waals surface area (Å²) in [5.41, 5.74) is 3.46. The molecule has 1 rings (SSSR count). The van der Waals surface area contributed by atoms with Crippen molar-refractivity contribution in [3.8, 4) is 0 Å². The van der Waals surface area contributed by atoms with E-state index in [0.717, 1.165) is 38.3 Å². The van der Waals surface area contributed by atoms with Crippen molar-refractivity contribution in [2.45, 2.75) is 174 Å². The molecule has 0 aliphatic heterocycles. The minimum absolute atomic E-state index is 0.0473. The van der Waals surface area contributed by atoms with E-state index < -0.39 is 5.97 Å². The van der Waals surface area contributed by atoms with Gasteiger partial charge in [0.15, 0.2) is 0 Å². The molecule has 6 nitrogen and oxygen atoms in total. The summed E-state index contributed by atoms with van der Waals surface area (Å²) >= 11 is 0. The van der Waals surface area contributed by atoms with Gasteiger partial charge in [-0.05, 0) is 31.0 Å². The number of hydrogen-bond acceptors (Lipinski definition) is 5. The van der Waals surface area contributed by atoms with Crippen molar-refractivity contribution in [3.63, 3.8) is 0 Å². The molecule has 0 bridgehead atoms. The zero-order valence-electron chi connectivity index (χ0n) is 31.7. The fraction of sp³-hybridized carbons (Fsp3) is 0.829. The number of carboxylic acid groups (broad SMARTS) is 1. The van der Waals surface area contributed by atoms with E-state index in [1.807, 2.05) is 14.1 Å². The van der Waals surface area contributed by atoms with Crippen molar-refractivity contribution >= 4 is 23.0 Å². The van der Waals surface area contributed by atoms with Gasteiger partial charge in [0, 0.05) is 43.1 Å². The molecular weight excluding hydrogens is 580 g/mol. The summed E-state index contributed by atoms with van der Waals surface area (Å²) in [6.45, 7) is 8.25. The van der Waals surface area contributed by atoms with Crippen LogP contribution in [0, 0.1) is 0 Å². The van der Waals surface area contributed by atoms with Gasteiger partial charge in [-0.2, -0.15) is 0 Å². The summed E-state index contributed by atoms with van der Waals surface area (Å²) in [5, 5.41) is 22.0. The molecule has 3 N–H and O–H groups in total. The van der Waals surface area contributed by atoms with Gasteiger partial charge in [-0.15, -0.1) is 0 Å². The van der Waals surface area contributed by atoms with Gasteiger partial charge in [0.05, 0.1) is 26.6 Å². The lowest BCUT2D eigenvalue weighted by Crippen LogP contribution is -2.49. The van der Waals surface area contributed by atoms with Crippen LogP contribution in [-0.2, 0) is 4.79 Å². The lowest BCUT2D eigenvalue weighted by Gasteiger charge is -2.30. The van der Waals surface area contributed by atoms with E-state index in [1.165, 1.54) is 165 Å². The minimum Gasteiger partial charge on any atom is -0.544 e. The minimum atomic E-state index is -0.987. The monoisotopic (exact) mass is 659 g/mol. The Morgan fingerprint density at radius 3 is 1.06 bits per heavy atom. The average Bonchev–Trinajstić information content (AvgIpc) is 3.03. The number of rotatable bonds is 35. The number of carbonyl (C=O) groups excluding carboxylic acids is 1. The van der Waals surface area contributed by atoms with Crippen LogP contribution in [0.25, 0.3) is 0 Å². The van der Waals surface area contributed by atoms with E-state index in [2.05, 4.69) is 48.0 Å². The van der Waals surface area contributed by atoms with Crippen LogP contribution < -0.4 is 21.1 Å². The van der Waals surface area contributed by atoms with E-state index in [9.17, 15) is 9.90 Å². The summed E-state index contributed by atoms with van der Waals surface area (Å²) in [5.74, 6) is -0.987. The Bertz CT molecular complexity index is 812. The van der Waals surface area contributed by atoms with Gasteiger partial charge in [0.2, 0.25) is 0 Å². The maximum Gasteiger partial charge on any atom is 0.119 e. The van der Waals surface area contributed by atoms with Crippen molar-refractivity contribution in [1.82, 2.24) is 0 Å². The van der Waals surface area contributed by atoms with Gasteiger partial charge in [-0.25, -0.2) is 0 Å². The van der Waals surface area contributed by atoms with Crippen LogP contribution in [0.3, 0.4) is 0 Å². The Morgan fingerprint density at radius 1 is 0.489 bits per heavy atom. The molecule has 0 spiro atoms. The molecule has 6 heteroatoms. The van der Waals surface area contributed by atoms with E-state index in [1.54, 1.807) is 0 Å². The number of quaternary nitrogens is 1. The van der Waals surface area contributed by atoms with Crippen LogP contribution in [0.1, 0.15) is 174 Å². The van der Waals surface area contributed by atoms with Crippen LogP contribution >= 0.6 is 0 Å². The second-order valence-corrected chi connectivity index (χ2v) is 14.9. The lowest BCUT2D eigenvalue weighted by molar-refractivity contribution is -0.884. The molecule has 274 valence electrons. The standard InChI is InChI=1S/C41H78N4O2/c1-5-7-9-11-13-15-17-19-21-23-25-27-30-42-38-34-39(36-40(35-38)44-32-29-33-45(3,4)37-41(46)47)43-31-28-26-24-22-20-18-16-14-12-10-8-6-2/h34-36,42-44H,5-33,37H2,1-4H3. The summed E-state index contributed by atoms with van der Waals surface area (Å²) in [7, 11) is 3.90. The van der Waals surface area contributed by atoms with Crippen LogP contribution in [0.15, 0.2) is 18.2 Å². The molecule has 0 heterocycles. The normalized spacial score (nSPS) is 11.6. The van der Waals surface area contributed by atoms with Crippen LogP contribution in [0.4, 0.5) is 17.1 Å². The molecule has 0 atom stereocenters. The molecule has 0 radical (unpaired) electrons. The molecule has 0 aromatic heterocycles. The van der Waals surface area contributed by atoms with Gasteiger partial charge < -0.3 is 30.3 Å². The Balaban J connectivity index is 2.38.